The number of rotatable bonds is 5. The van der Waals surface area contributed by atoms with Gasteiger partial charge < -0.3 is 19.5 Å². The number of fused-ring (bicyclic) bond motifs is 1. The zero-order valence-electron chi connectivity index (χ0n) is 15.7. The van der Waals surface area contributed by atoms with Crippen molar-refractivity contribution in [2.45, 2.75) is 32.8 Å². The molecule has 0 bridgehead atoms. The highest BCUT2D eigenvalue weighted by molar-refractivity contribution is 5.91. The van der Waals surface area contributed by atoms with Crippen LogP contribution in [0.1, 0.15) is 25.1 Å². The quantitative estimate of drug-likeness (QED) is 0.831. The third-order valence-corrected chi connectivity index (χ3v) is 4.77. The fraction of sp³-hybridized carbons (Fsp3) is 0.500. The minimum atomic E-state index is -0.278. The molecule has 6 heteroatoms. The van der Waals surface area contributed by atoms with Crippen LogP contribution in [-0.4, -0.2) is 66.0 Å². The summed E-state index contributed by atoms with van der Waals surface area (Å²) in [5.74, 6) is -0.166. The molecule has 2 heterocycles. The number of hydrogen-bond donors (Lipinski definition) is 1. The number of carbonyl (C=O) groups is 2. The molecule has 1 N–H and O–H groups in total. The number of para-hydroxylation sites is 1. The van der Waals surface area contributed by atoms with Crippen molar-refractivity contribution in [3.63, 3.8) is 0 Å². The van der Waals surface area contributed by atoms with E-state index < -0.39 is 0 Å². The van der Waals surface area contributed by atoms with Gasteiger partial charge in [-0.2, -0.15) is 0 Å². The molecule has 1 aromatic carbocycles. The van der Waals surface area contributed by atoms with Crippen LogP contribution in [0.4, 0.5) is 0 Å². The number of benzene rings is 1. The van der Waals surface area contributed by atoms with E-state index in [9.17, 15) is 9.59 Å². The molecule has 2 aromatic rings. The summed E-state index contributed by atoms with van der Waals surface area (Å²) in [6.07, 6.45) is 0.304. The molecule has 1 saturated heterocycles. The second-order valence-electron chi connectivity index (χ2n) is 7.20. The number of aromatic amines is 1. The predicted molar refractivity (Wildman–Crippen MR) is 101 cm³/mol. The van der Waals surface area contributed by atoms with Gasteiger partial charge in [0, 0.05) is 42.8 Å². The summed E-state index contributed by atoms with van der Waals surface area (Å²) in [4.78, 5) is 32.4. The topological polar surface area (TPSA) is 65.6 Å². The molecular formula is C20H27N3O3. The van der Waals surface area contributed by atoms with E-state index in [-0.39, 0.29) is 24.4 Å². The second kappa shape index (κ2) is 7.91. The van der Waals surface area contributed by atoms with Crippen LogP contribution < -0.4 is 0 Å². The van der Waals surface area contributed by atoms with E-state index in [0.717, 1.165) is 48.3 Å². The van der Waals surface area contributed by atoms with Gasteiger partial charge in [-0.3, -0.25) is 9.59 Å². The molecule has 140 valence electrons. The van der Waals surface area contributed by atoms with E-state index in [4.69, 9.17) is 4.74 Å². The minimum Gasteiger partial charge on any atom is -0.463 e. The highest BCUT2D eigenvalue weighted by Gasteiger charge is 2.23. The number of aromatic nitrogens is 1. The normalized spacial score (nSPS) is 15.6. The average Bonchev–Trinajstić information content (AvgIpc) is 2.92. The van der Waals surface area contributed by atoms with Gasteiger partial charge in [0.1, 0.15) is 0 Å². The molecule has 26 heavy (non-hydrogen) atoms. The number of piperazine rings is 1. The smallest absolute Gasteiger partial charge is 0.312 e. The third-order valence-electron chi connectivity index (χ3n) is 4.77. The van der Waals surface area contributed by atoms with Crippen molar-refractivity contribution < 1.29 is 14.3 Å². The second-order valence-corrected chi connectivity index (χ2v) is 7.20. The molecule has 0 saturated carbocycles. The molecule has 6 nitrogen and oxygen atoms in total. The largest absolute Gasteiger partial charge is 0.463 e. The number of esters is 1. The maximum atomic E-state index is 12.8. The summed E-state index contributed by atoms with van der Waals surface area (Å²) in [5, 5.41) is 1.00. The van der Waals surface area contributed by atoms with Crippen LogP contribution in [0.2, 0.25) is 0 Å². The van der Waals surface area contributed by atoms with Crippen molar-refractivity contribution in [1.29, 1.82) is 0 Å². The average molecular weight is 357 g/mol. The number of nitrogens with zero attached hydrogens (tertiary/aromatic N) is 2. The summed E-state index contributed by atoms with van der Waals surface area (Å²) in [6, 6.07) is 7.86. The van der Waals surface area contributed by atoms with Gasteiger partial charge in [0.05, 0.1) is 18.9 Å². The lowest BCUT2D eigenvalue weighted by atomic mass is 10.0. The molecule has 0 unspecified atom stereocenters. The fourth-order valence-electron chi connectivity index (χ4n) is 3.38. The predicted octanol–water partition coefficient (Wildman–Crippen LogP) is 1.98. The first kappa shape index (κ1) is 18.5. The van der Waals surface area contributed by atoms with Crippen LogP contribution in [0, 0.1) is 0 Å². The summed E-state index contributed by atoms with van der Waals surface area (Å²) >= 11 is 0. The van der Waals surface area contributed by atoms with Gasteiger partial charge in [-0.05, 0) is 32.5 Å². The van der Waals surface area contributed by atoms with Crippen molar-refractivity contribution in [1.82, 2.24) is 14.8 Å². The van der Waals surface area contributed by atoms with E-state index in [2.05, 4.69) is 16.9 Å². The number of H-pyrrole nitrogens is 1. The first-order chi connectivity index (χ1) is 12.4. The van der Waals surface area contributed by atoms with E-state index in [1.165, 1.54) is 0 Å². The maximum Gasteiger partial charge on any atom is 0.312 e. The Morgan fingerprint density at radius 2 is 1.81 bits per heavy atom. The van der Waals surface area contributed by atoms with Crippen molar-refractivity contribution in [2.24, 2.45) is 0 Å². The van der Waals surface area contributed by atoms with Gasteiger partial charge in [0.15, 0.2) is 0 Å². The van der Waals surface area contributed by atoms with Crippen molar-refractivity contribution in [2.75, 3.05) is 33.2 Å². The SMILES string of the molecule is CC(C)OC(=O)Cc1[nH]c2ccccc2c1CC(=O)N1CCN(C)CC1. The van der Waals surface area contributed by atoms with Crippen LogP contribution in [0.5, 0.6) is 0 Å². The number of likely N-dealkylation sites (N-methyl/N-ethyl adjacent to an activating group) is 1. The summed E-state index contributed by atoms with van der Waals surface area (Å²) in [5.41, 5.74) is 2.63. The standard InChI is InChI=1S/C20H27N3O3/c1-14(2)26-20(25)13-18-16(15-6-4-5-7-17(15)21-18)12-19(24)23-10-8-22(3)9-11-23/h4-7,14,21H,8-13H2,1-3H3. The lowest BCUT2D eigenvalue weighted by Crippen LogP contribution is -2.47. The molecule has 1 aromatic heterocycles. The van der Waals surface area contributed by atoms with Gasteiger partial charge in [0.2, 0.25) is 5.91 Å². The zero-order chi connectivity index (χ0) is 18.7. The lowest BCUT2D eigenvalue weighted by molar-refractivity contribution is -0.146. The zero-order valence-corrected chi connectivity index (χ0v) is 15.7. The van der Waals surface area contributed by atoms with Gasteiger partial charge in [0.25, 0.3) is 0 Å². The first-order valence-corrected chi connectivity index (χ1v) is 9.18. The number of hydrogen-bond acceptors (Lipinski definition) is 4. The Morgan fingerprint density at radius 3 is 2.50 bits per heavy atom. The molecule has 1 aliphatic rings. The van der Waals surface area contributed by atoms with Crippen LogP contribution in [-0.2, 0) is 27.2 Å². The van der Waals surface area contributed by atoms with Crippen molar-refractivity contribution in [3.8, 4) is 0 Å². The monoisotopic (exact) mass is 357 g/mol. The fourth-order valence-corrected chi connectivity index (χ4v) is 3.38. The molecular weight excluding hydrogens is 330 g/mol. The van der Waals surface area contributed by atoms with E-state index in [0.29, 0.717) is 6.42 Å². The van der Waals surface area contributed by atoms with Gasteiger partial charge in [-0.25, -0.2) is 0 Å². The Morgan fingerprint density at radius 1 is 1.12 bits per heavy atom. The van der Waals surface area contributed by atoms with Gasteiger partial charge >= 0.3 is 5.97 Å². The molecule has 3 rings (SSSR count). The number of nitrogens with one attached hydrogen (secondary N) is 1. The minimum absolute atomic E-state index is 0.112. The Balaban J connectivity index is 1.82. The molecule has 1 aliphatic heterocycles. The molecule has 0 spiro atoms. The number of amides is 1. The third kappa shape index (κ3) is 4.25. The first-order valence-electron chi connectivity index (χ1n) is 9.18. The van der Waals surface area contributed by atoms with Crippen LogP contribution in [0.3, 0.4) is 0 Å². The van der Waals surface area contributed by atoms with Gasteiger partial charge in [-0.15, -0.1) is 0 Å². The summed E-state index contributed by atoms with van der Waals surface area (Å²) < 4.78 is 5.28. The Bertz CT molecular complexity index is 789. The summed E-state index contributed by atoms with van der Waals surface area (Å²) in [7, 11) is 2.07. The van der Waals surface area contributed by atoms with E-state index in [1.54, 1.807) is 0 Å². The molecule has 1 amide bonds. The van der Waals surface area contributed by atoms with Crippen molar-refractivity contribution >= 4 is 22.8 Å². The highest BCUT2D eigenvalue weighted by atomic mass is 16.5. The number of carbonyl (C=O) groups excluding carboxylic acids is 2. The Kier molecular flexibility index (Phi) is 5.61. The van der Waals surface area contributed by atoms with Crippen molar-refractivity contribution in [3.05, 3.63) is 35.5 Å². The summed E-state index contributed by atoms with van der Waals surface area (Å²) in [6.45, 7) is 6.97. The Hall–Kier alpha value is -2.34. The highest BCUT2D eigenvalue weighted by Crippen LogP contribution is 2.24. The molecule has 0 atom stereocenters. The number of ether oxygens (including phenoxy) is 1. The molecule has 0 radical (unpaired) electrons. The van der Waals surface area contributed by atoms with Crippen LogP contribution in [0.15, 0.2) is 24.3 Å². The van der Waals surface area contributed by atoms with Crippen LogP contribution >= 0.6 is 0 Å². The van der Waals surface area contributed by atoms with Gasteiger partial charge in [-0.1, -0.05) is 18.2 Å². The Labute approximate surface area is 154 Å². The maximum absolute atomic E-state index is 12.8. The lowest BCUT2D eigenvalue weighted by Gasteiger charge is -2.32. The molecule has 0 aliphatic carbocycles. The molecule has 1 fully saturated rings. The van der Waals surface area contributed by atoms with E-state index in [1.807, 2.05) is 43.0 Å². The van der Waals surface area contributed by atoms with E-state index >= 15 is 0 Å². The van der Waals surface area contributed by atoms with Crippen LogP contribution in [0.25, 0.3) is 10.9 Å².